The summed E-state index contributed by atoms with van der Waals surface area (Å²) in [4.78, 5) is 42.5. The monoisotopic (exact) mass is 634 g/mol. The Morgan fingerprint density at radius 2 is 0.915 bits per heavy atom. The summed E-state index contributed by atoms with van der Waals surface area (Å²) < 4.78 is 0. The summed E-state index contributed by atoms with van der Waals surface area (Å²) in [5.74, 6) is -0.403. The number of piperidine rings is 1. The molecule has 4 aromatic rings. The predicted octanol–water partition coefficient (Wildman–Crippen LogP) is 5.70. The first-order chi connectivity index (χ1) is 22.8. The molecule has 4 aromatic carbocycles. The number of rotatable bonds is 8. The molecule has 0 spiro atoms. The molecule has 0 unspecified atom stereocenters. The second-order valence-corrected chi connectivity index (χ2v) is 11.8. The highest BCUT2D eigenvalue weighted by Crippen LogP contribution is 2.24. The third-order valence-electron chi connectivity index (χ3n) is 8.58. The minimum atomic E-state index is -0.896. The molecule has 2 fully saturated rings. The predicted molar refractivity (Wildman–Crippen MR) is 184 cm³/mol. The van der Waals surface area contributed by atoms with E-state index in [1.807, 2.05) is 84.9 Å². The van der Waals surface area contributed by atoms with Crippen molar-refractivity contribution in [2.24, 2.45) is 0 Å². The zero-order valence-electron chi connectivity index (χ0n) is 25.9. The number of carbonyl (C=O) groups excluding carboxylic acids is 2. The summed E-state index contributed by atoms with van der Waals surface area (Å²) in [5.41, 5.74) is 6.15. The second kappa shape index (κ2) is 14.3. The van der Waals surface area contributed by atoms with Crippen LogP contribution in [0.5, 0.6) is 0 Å². The average Bonchev–Trinajstić information content (AvgIpc) is 3.10. The Morgan fingerprint density at radius 3 is 1.32 bits per heavy atom. The number of piperazine rings is 1. The average molecular weight is 635 g/mol. The van der Waals surface area contributed by atoms with Gasteiger partial charge in [-0.05, 0) is 110 Å². The molecule has 47 heavy (non-hydrogen) atoms. The number of carboxylic acid groups (broad SMARTS) is 1. The third kappa shape index (κ3) is 8.00. The highest BCUT2D eigenvalue weighted by atomic mass is 16.4. The Bertz CT molecular complexity index is 1680. The molecule has 0 bridgehead atoms. The second-order valence-electron chi connectivity index (χ2n) is 11.8. The molecule has 0 aliphatic carbocycles. The Kier molecular flexibility index (Phi) is 9.53. The molecule has 3 amide bonds. The van der Waals surface area contributed by atoms with Crippen molar-refractivity contribution in [3.8, 4) is 0 Å². The molecule has 0 radical (unpaired) electrons. The van der Waals surface area contributed by atoms with E-state index >= 15 is 0 Å². The third-order valence-corrected chi connectivity index (χ3v) is 8.58. The van der Waals surface area contributed by atoms with Crippen LogP contribution in [0.25, 0.3) is 0 Å². The minimum Gasteiger partial charge on any atom is -0.465 e. The van der Waals surface area contributed by atoms with Gasteiger partial charge < -0.3 is 40.9 Å². The van der Waals surface area contributed by atoms with Crippen molar-refractivity contribution in [1.82, 2.24) is 4.90 Å². The standard InChI is InChI=1S/C36H38N6O5/c43-33-17-19-40(20-18-33)31-13-1-25(2-14-31)34(44)38-29-9-5-27(6-10-29)37-28-7-11-30(12-8-28)39-35(45)26-3-15-32(16-4-26)41-21-23-42(24-22-41)36(46)47/h1-16,33,37,43H,17-24H2,(H,38,44)(H,39,45)(H,46,47). The van der Waals surface area contributed by atoms with Crippen molar-refractivity contribution < 1.29 is 24.6 Å². The highest BCUT2D eigenvalue weighted by Gasteiger charge is 2.21. The van der Waals surface area contributed by atoms with Crippen molar-refractivity contribution in [3.05, 3.63) is 108 Å². The summed E-state index contributed by atoms with van der Waals surface area (Å²) in [6, 6.07) is 29.7. The molecule has 11 nitrogen and oxygen atoms in total. The number of anilines is 6. The number of benzene rings is 4. The largest absolute Gasteiger partial charge is 0.465 e. The highest BCUT2D eigenvalue weighted by molar-refractivity contribution is 6.05. The smallest absolute Gasteiger partial charge is 0.407 e. The van der Waals surface area contributed by atoms with E-state index in [9.17, 15) is 19.5 Å². The fourth-order valence-corrected chi connectivity index (χ4v) is 5.77. The first kappa shape index (κ1) is 31.4. The summed E-state index contributed by atoms with van der Waals surface area (Å²) >= 11 is 0. The van der Waals surface area contributed by atoms with Gasteiger partial charge in [0.15, 0.2) is 0 Å². The summed E-state index contributed by atoms with van der Waals surface area (Å²) in [6.45, 7) is 3.75. The van der Waals surface area contributed by atoms with E-state index in [0.717, 1.165) is 48.7 Å². The van der Waals surface area contributed by atoms with E-state index in [1.165, 1.54) is 4.90 Å². The molecule has 5 N–H and O–H groups in total. The van der Waals surface area contributed by atoms with Crippen LogP contribution >= 0.6 is 0 Å². The molecular weight excluding hydrogens is 596 g/mol. The molecule has 2 aliphatic rings. The summed E-state index contributed by atoms with van der Waals surface area (Å²) in [5, 5.41) is 28.1. The van der Waals surface area contributed by atoms with Crippen LogP contribution in [0.3, 0.4) is 0 Å². The lowest BCUT2D eigenvalue weighted by atomic mass is 10.1. The number of amides is 3. The molecule has 2 heterocycles. The normalized spacial score (nSPS) is 15.2. The van der Waals surface area contributed by atoms with Crippen molar-refractivity contribution in [1.29, 1.82) is 0 Å². The van der Waals surface area contributed by atoms with E-state index in [-0.39, 0.29) is 17.9 Å². The fourth-order valence-electron chi connectivity index (χ4n) is 5.77. The Hall–Kier alpha value is -5.55. The molecule has 2 aliphatic heterocycles. The topological polar surface area (TPSA) is 137 Å². The number of aliphatic hydroxyl groups is 1. The van der Waals surface area contributed by atoms with Gasteiger partial charge in [-0.25, -0.2) is 4.79 Å². The van der Waals surface area contributed by atoms with E-state index in [1.54, 1.807) is 12.1 Å². The van der Waals surface area contributed by atoms with Gasteiger partial charge in [-0.2, -0.15) is 0 Å². The maximum Gasteiger partial charge on any atom is 0.407 e. The van der Waals surface area contributed by atoms with E-state index in [2.05, 4.69) is 25.8 Å². The van der Waals surface area contributed by atoms with Gasteiger partial charge in [-0.3, -0.25) is 9.59 Å². The number of hydrogen-bond acceptors (Lipinski definition) is 7. The first-order valence-corrected chi connectivity index (χ1v) is 15.8. The van der Waals surface area contributed by atoms with Crippen LogP contribution < -0.4 is 25.8 Å². The van der Waals surface area contributed by atoms with Crippen molar-refractivity contribution in [3.63, 3.8) is 0 Å². The number of carbonyl (C=O) groups is 3. The number of aliphatic hydroxyl groups excluding tert-OH is 1. The molecule has 0 aromatic heterocycles. The number of nitrogens with one attached hydrogen (secondary N) is 3. The van der Waals surface area contributed by atoms with Gasteiger partial charge in [0, 0.05) is 84.5 Å². The molecule has 0 atom stereocenters. The molecular formula is C36H38N6O5. The van der Waals surface area contributed by atoms with Crippen LogP contribution in [0.2, 0.25) is 0 Å². The molecule has 0 saturated carbocycles. The Morgan fingerprint density at radius 1 is 0.532 bits per heavy atom. The lowest BCUT2D eigenvalue weighted by Crippen LogP contribution is -2.48. The Labute approximate surface area is 273 Å². The van der Waals surface area contributed by atoms with Gasteiger partial charge in [0.2, 0.25) is 0 Å². The van der Waals surface area contributed by atoms with Crippen LogP contribution in [0.15, 0.2) is 97.1 Å². The molecule has 242 valence electrons. The Balaban J connectivity index is 0.967. The SMILES string of the molecule is O=C(Nc1ccc(Nc2ccc(NC(=O)c3ccc(N4CCN(C(=O)O)CC4)cc3)cc2)cc1)c1ccc(N2CCC(O)CC2)cc1. The minimum absolute atomic E-state index is 0.184. The van der Waals surface area contributed by atoms with E-state index in [4.69, 9.17) is 5.11 Å². The van der Waals surface area contributed by atoms with Crippen LogP contribution in [0.4, 0.5) is 38.9 Å². The lowest BCUT2D eigenvalue weighted by Gasteiger charge is -2.34. The van der Waals surface area contributed by atoms with Crippen molar-refractivity contribution in [2.75, 3.05) is 65.0 Å². The van der Waals surface area contributed by atoms with Crippen LogP contribution in [-0.4, -0.2) is 78.4 Å². The summed E-state index contributed by atoms with van der Waals surface area (Å²) in [6.07, 6.45) is 0.394. The van der Waals surface area contributed by atoms with Gasteiger partial charge in [0.25, 0.3) is 11.8 Å². The van der Waals surface area contributed by atoms with E-state index < -0.39 is 6.09 Å². The van der Waals surface area contributed by atoms with Gasteiger partial charge in [-0.1, -0.05) is 0 Å². The fraction of sp³-hybridized carbons (Fsp3) is 0.250. The number of hydrogen-bond donors (Lipinski definition) is 5. The van der Waals surface area contributed by atoms with Gasteiger partial charge in [0.05, 0.1) is 6.10 Å². The molecule has 2 saturated heterocycles. The van der Waals surface area contributed by atoms with Crippen LogP contribution in [0.1, 0.15) is 33.6 Å². The van der Waals surface area contributed by atoms with Crippen LogP contribution in [0, 0.1) is 0 Å². The van der Waals surface area contributed by atoms with Gasteiger partial charge >= 0.3 is 6.09 Å². The zero-order valence-corrected chi connectivity index (χ0v) is 25.9. The summed E-state index contributed by atoms with van der Waals surface area (Å²) in [7, 11) is 0. The van der Waals surface area contributed by atoms with E-state index in [0.29, 0.717) is 48.7 Å². The van der Waals surface area contributed by atoms with Crippen molar-refractivity contribution >= 4 is 52.0 Å². The molecule has 6 rings (SSSR count). The first-order valence-electron chi connectivity index (χ1n) is 15.8. The van der Waals surface area contributed by atoms with Crippen molar-refractivity contribution in [2.45, 2.75) is 18.9 Å². The van der Waals surface area contributed by atoms with Gasteiger partial charge in [-0.15, -0.1) is 0 Å². The number of nitrogens with zero attached hydrogens (tertiary/aromatic N) is 3. The maximum atomic E-state index is 12.8. The maximum absolute atomic E-state index is 12.8. The van der Waals surface area contributed by atoms with Crippen LogP contribution in [-0.2, 0) is 0 Å². The lowest BCUT2D eigenvalue weighted by molar-refractivity contribution is 0.101. The van der Waals surface area contributed by atoms with Gasteiger partial charge in [0.1, 0.15) is 0 Å². The quantitative estimate of drug-likeness (QED) is 0.167. The molecule has 11 heteroatoms. The zero-order chi connectivity index (χ0) is 32.8.